The molecular formula is C23H33N3O3. The fourth-order valence-electron chi connectivity index (χ4n) is 4.54. The molecule has 0 bridgehead atoms. The predicted octanol–water partition coefficient (Wildman–Crippen LogP) is 2.53. The molecule has 1 saturated carbocycles. The third-order valence-electron chi connectivity index (χ3n) is 6.38. The van der Waals surface area contributed by atoms with Crippen molar-refractivity contribution < 1.29 is 14.4 Å². The zero-order valence-corrected chi connectivity index (χ0v) is 17.8. The summed E-state index contributed by atoms with van der Waals surface area (Å²) in [6.45, 7) is 2.81. The predicted molar refractivity (Wildman–Crippen MR) is 112 cm³/mol. The molecule has 6 nitrogen and oxygen atoms in total. The van der Waals surface area contributed by atoms with Crippen LogP contribution in [0.4, 0.5) is 0 Å². The van der Waals surface area contributed by atoms with E-state index in [-0.39, 0.29) is 48.6 Å². The van der Waals surface area contributed by atoms with Crippen molar-refractivity contribution in [2.45, 2.75) is 51.5 Å². The van der Waals surface area contributed by atoms with Gasteiger partial charge in [-0.1, -0.05) is 44.0 Å². The topological polar surface area (TPSA) is 69.7 Å². The third-order valence-corrected chi connectivity index (χ3v) is 6.38. The van der Waals surface area contributed by atoms with E-state index in [1.165, 1.54) is 10.5 Å². The minimum atomic E-state index is -0.150. The van der Waals surface area contributed by atoms with Crippen LogP contribution in [0.2, 0.25) is 0 Å². The molecule has 1 aromatic carbocycles. The lowest BCUT2D eigenvalue weighted by Crippen LogP contribution is -2.38. The summed E-state index contributed by atoms with van der Waals surface area (Å²) < 4.78 is 0. The zero-order valence-electron chi connectivity index (χ0n) is 17.8. The first kappa shape index (κ1) is 21.5. The number of hydrogen-bond acceptors (Lipinski definition) is 4. The number of rotatable bonds is 8. The highest BCUT2D eigenvalue weighted by atomic mass is 16.2. The van der Waals surface area contributed by atoms with Gasteiger partial charge in [0.25, 0.3) is 0 Å². The van der Waals surface area contributed by atoms with Gasteiger partial charge in [-0.25, -0.2) is 0 Å². The van der Waals surface area contributed by atoms with Crippen LogP contribution in [0, 0.1) is 11.8 Å². The average Bonchev–Trinajstić information content (AvgIpc) is 2.97. The molecule has 3 atom stereocenters. The van der Waals surface area contributed by atoms with Crippen molar-refractivity contribution in [1.82, 2.24) is 15.1 Å². The van der Waals surface area contributed by atoms with Crippen molar-refractivity contribution in [2.75, 3.05) is 27.2 Å². The SMILES string of the molecule is CCc1ccc([C@H](CNC(=O)CCN2C(=O)[C@H]3CCCC[C@@H]3C2=O)N(C)C)cc1. The smallest absolute Gasteiger partial charge is 0.233 e. The van der Waals surface area contributed by atoms with E-state index in [1.54, 1.807) is 0 Å². The molecule has 1 heterocycles. The maximum absolute atomic E-state index is 12.5. The number of nitrogens with zero attached hydrogens (tertiary/aromatic N) is 2. The summed E-state index contributed by atoms with van der Waals surface area (Å²) in [6, 6.07) is 8.54. The Morgan fingerprint density at radius 1 is 1.10 bits per heavy atom. The lowest BCUT2D eigenvalue weighted by molar-refractivity contribution is -0.140. The average molecular weight is 400 g/mol. The van der Waals surface area contributed by atoms with Gasteiger partial charge in [-0.05, 0) is 44.5 Å². The number of hydrogen-bond donors (Lipinski definition) is 1. The number of likely N-dealkylation sites (tertiary alicyclic amines) is 1. The summed E-state index contributed by atoms with van der Waals surface area (Å²) >= 11 is 0. The van der Waals surface area contributed by atoms with E-state index in [9.17, 15) is 14.4 Å². The van der Waals surface area contributed by atoms with Crippen molar-refractivity contribution in [3.05, 3.63) is 35.4 Å². The van der Waals surface area contributed by atoms with Crippen LogP contribution in [-0.4, -0.2) is 54.7 Å². The quantitative estimate of drug-likeness (QED) is 0.682. The van der Waals surface area contributed by atoms with Gasteiger partial charge in [-0.3, -0.25) is 19.3 Å². The number of imide groups is 1. The second-order valence-corrected chi connectivity index (χ2v) is 8.45. The molecule has 6 heteroatoms. The van der Waals surface area contributed by atoms with Gasteiger partial charge in [0.05, 0.1) is 17.9 Å². The molecule has 1 N–H and O–H groups in total. The largest absolute Gasteiger partial charge is 0.354 e. The number of amides is 3. The maximum atomic E-state index is 12.5. The van der Waals surface area contributed by atoms with E-state index in [2.05, 4.69) is 41.4 Å². The van der Waals surface area contributed by atoms with Crippen LogP contribution in [0.1, 0.15) is 56.2 Å². The molecular weight excluding hydrogens is 366 g/mol. The van der Waals surface area contributed by atoms with Gasteiger partial charge in [0.15, 0.2) is 0 Å². The summed E-state index contributed by atoms with van der Waals surface area (Å²) in [4.78, 5) is 40.9. The molecule has 158 valence electrons. The molecule has 1 aliphatic carbocycles. The van der Waals surface area contributed by atoms with Gasteiger partial charge < -0.3 is 10.2 Å². The molecule has 2 fully saturated rings. The fraction of sp³-hybridized carbons (Fsp3) is 0.609. The molecule has 0 unspecified atom stereocenters. The van der Waals surface area contributed by atoms with E-state index in [0.29, 0.717) is 6.54 Å². The highest BCUT2D eigenvalue weighted by molar-refractivity contribution is 6.05. The molecule has 2 aliphatic rings. The second kappa shape index (κ2) is 9.53. The number of carbonyl (C=O) groups excluding carboxylic acids is 3. The van der Waals surface area contributed by atoms with Crippen LogP contribution in [0.5, 0.6) is 0 Å². The third kappa shape index (κ3) is 4.86. The first-order valence-corrected chi connectivity index (χ1v) is 10.8. The molecule has 1 aromatic rings. The number of nitrogens with one attached hydrogen (secondary N) is 1. The van der Waals surface area contributed by atoms with Crippen molar-refractivity contribution >= 4 is 17.7 Å². The number of benzene rings is 1. The Bertz CT molecular complexity index is 720. The Balaban J connectivity index is 1.51. The minimum absolute atomic E-state index is 0.0720. The minimum Gasteiger partial charge on any atom is -0.354 e. The van der Waals surface area contributed by atoms with Gasteiger partial charge in [0.1, 0.15) is 0 Å². The molecule has 29 heavy (non-hydrogen) atoms. The van der Waals surface area contributed by atoms with Crippen LogP contribution in [0.3, 0.4) is 0 Å². The molecule has 3 amide bonds. The Kier molecular flexibility index (Phi) is 7.06. The summed E-state index contributed by atoms with van der Waals surface area (Å²) in [5.41, 5.74) is 2.44. The van der Waals surface area contributed by atoms with Crippen molar-refractivity contribution in [1.29, 1.82) is 0 Å². The highest BCUT2D eigenvalue weighted by Crippen LogP contribution is 2.37. The van der Waals surface area contributed by atoms with Gasteiger partial charge in [0.2, 0.25) is 17.7 Å². The Hall–Kier alpha value is -2.21. The number of carbonyl (C=O) groups is 3. The monoisotopic (exact) mass is 399 g/mol. The molecule has 0 spiro atoms. The number of aryl methyl sites for hydroxylation is 1. The fourth-order valence-corrected chi connectivity index (χ4v) is 4.54. The zero-order chi connectivity index (χ0) is 21.0. The van der Waals surface area contributed by atoms with Gasteiger partial charge in [0, 0.05) is 19.5 Å². The normalized spacial score (nSPS) is 22.7. The van der Waals surface area contributed by atoms with Gasteiger partial charge >= 0.3 is 0 Å². The molecule has 1 saturated heterocycles. The van der Waals surface area contributed by atoms with Crippen molar-refractivity contribution in [3.63, 3.8) is 0 Å². The number of likely N-dealkylation sites (N-methyl/N-ethyl adjacent to an activating group) is 1. The lowest BCUT2D eigenvalue weighted by Gasteiger charge is -2.25. The summed E-state index contributed by atoms with van der Waals surface area (Å²) in [6.07, 6.45) is 4.79. The van der Waals surface area contributed by atoms with Crippen LogP contribution in [-0.2, 0) is 20.8 Å². The van der Waals surface area contributed by atoms with Crippen molar-refractivity contribution in [3.8, 4) is 0 Å². The van der Waals surface area contributed by atoms with Crippen LogP contribution < -0.4 is 5.32 Å². The van der Waals surface area contributed by atoms with E-state index >= 15 is 0 Å². The van der Waals surface area contributed by atoms with Crippen molar-refractivity contribution in [2.24, 2.45) is 11.8 Å². The van der Waals surface area contributed by atoms with E-state index in [4.69, 9.17) is 0 Å². The first-order valence-electron chi connectivity index (χ1n) is 10.8. The maximum Gasteiger partial charge on any atom is 0.233 e. The van der Waals surface area contributed by atoms with E-state index in [1.807, 2.05) is 14.1 Å². The Morgan fingerprint density at radius 3 is 2.21 bits per heavy atom. The molecule has 0 aromatic heterocycles. The lowest BCUT2D eigenvalue weighted by atomic mass is 9.81. The molecule has 3 rings (SSSR count). The van der Waals surface area contributed by atoms with Crippen LogP contribution >= 0.6 is 0 Å². The second-order valence-electron chi connectivity index (χ2n) is 8.45. The Morgan fingerprint density at radius 2 is 1.69 bits per heavy atom. The number of fused-ring (bicyclic) bond motifs is 1. The molecule has 0 radical (unpaired) electrons. The first-order chi connectivity index (χ1) is 13.9. The van der Waals surface area contributed by atoms with E-state index in [0.717, 1.165) is 37.7 Å². The van der Waals surface area contributed by atoms with Gasteiger partial charge in [-0.15, -0.1) is 0 Å². The van der Waals surface area contributed by atoms with Crippen LogP contribution in [0.25, 0.3) is 0 Å². The van der Waals surface area contributed by atoms with E-state index < -0.39 is 0 Å². The summed E-state index contributed by atoms with van der Waals surface area (Å²) in [7, 11) is 3.99. The van der Waals surface area contributed by atoms with Gasteiger partial charge in [-0.2, -0.15) is 0 Å². The highest BCUT2D eigenvalue weighted by Gasteiger charge is 2.47. The standard InChI is InChI=1S/C23H33N3O3/c1-4-16-9-11-17(12-10-16)20(25(2)3)15-24-21(27)13-14-26-22(28)18-7-5-6-8-19(18)23(26)29/h9-12,18-20H,4-8,13-15H2,1-3H3,(H,24,27)/t18-,19-,20-/m0/s1. The molecule has 1 aliphatic heterocycles. The Labute approximate surface area is 173 Å². The van der Waals surface area contributed by atoms with Crippen LogP contribution in [0.15, 0.2) is 24.3 Å². The summed E-state index contributed by atoms with van der Waals surface area (Å²) in [5.74, 6) is -0.575. The summed E-state index contributed by atoms with van der Waals surface area (Å²) in [5, 5.41) is 2.98.